The molecule has 3 rings (SSSR count). The number of sulfonamides is 1. The number of carbonyl (C=O) groups is 2. The van der Waals surface area contributed by atoms with Gasteiger partial charge in [-0.05, 0) is 18.2 Å². The summed E-state index contributed by atoms with van der Waals surface area (Å²) in [5.41, 5.74) is 1.95. The average molecular weight is 423 g/mol. The fraction of sp³-hybridized carbons (Fsp3) is 0.474. The van der Waals surface area contributed by atoms with E-state index in [4.69, 9.17) is 0 Å². The van der Waals surface area contributed by atoms with Gasteiger partial charge in [0.2, 0.25) is 15.9 Å². The smallest absolute Gasteiger partial charge is 0.325 e. The number of benzene rings is 1. The number of hydrogen-bond acceptors (Lipinski definition) is 5. The lowest BCUT2D eigenvalue weighted by molar-refractivity contribution is -0.144. The van der Waals surface area contributed by atoms with Gasteiger partial charge in [-0.1, -0.05) is 13.8 Å². The van der Waals surface area contributed by atoms with Crippen LogP contribution >= 0.6 is 0 Å². The number of fused-ring (bicyclic) bond motifs is 1. The highest BCUT2D eigenvalue weighted by atomic mass is 32.2. The highest BCUT2D eigenvalue weighted by Gasteiger charge is 2.34. The number of nitrogens with one attached hydrogen (secondary N) is 2. The van der Waals surface area contributed by atoms with Gasteiger partial charge in [-0.25, -0.2) is 8.42 Å². The third-order valence-corrected chi connectivity index (χ3v) is 6.44. The molecule has 1 aromatic heterocycles. The number of carboxylic acid groups (broad SMARTS) is 1. The average Bonchev–Trinajstić information content (AvgIpc) is 3.04. The molecule has 0 unspecified atom stereocenters. The molecule has 0 radical (unpaired) electrons. The number of amides is 1. The van der Waals surface area contributed by atoms with Crippen LogP contribution in [0.3, 0.4) is 0 Å². The Morgan fingerprint density at radius 3 is 2.38 bits per heavy atom. The molecule has 1 atom stereocenters. The molecule has 0 aliphatic carbocycles. The molecule has 1 aromatic carbocycles. The van der Waals surface area contributed by atoms with Gasteiger partial charge in [-0.15, -0.1) is 0 Å². The monoisotopic (exact) mass is 422 g/mol. The Labute approximate surface area is 169 Å². The van der Waals surface area contributed by atoms with Crippen LogP contribution in [0.2, 0.25) is 0 Å². The fourth-order valence-electron chi connectivity index (χ4n) is 3.51. The maximum atomic E-state index is 12.1. The number of carboxylic acids is 1. The van der Waals surface area contributed by atoms with Crippen LogP contribution in [0, 0.1) is 5.92 Å². The quantitative estimate of drug-likeness (QED) is 0.648. The predicted octanol–water partition coefficient (Wildman–Crippen LogP) is 1.47. The van der Waals surface area contributed by atoms with Crippen molar-refractivity contribution in [1.82, 2.24) is 14.2 Å². The van der Waals surface area contributed by atoms with Gasteiger partial charge in [0.25, 0.3) is 0 Å². The summed E-state index contributed by atoms with van der Waals surface area (Å²) < 4.78 is 24.8. The molecular formula is C19H26N4O5S. The van der Waals surface area contributed by atoms with Crippen molar-refractivity contribution in [3.63, 3.8) is 0 Å². The molecule has 158 valence electrons. The van der Waals surface area contributed by atoms with Crippen molar-refractivity contribution >= 4 is 38.5 Å². The molecule has 9 nitrogen and oxygen atoms in total. The van der Waals surface area contributed by atoms with E-state index in [0.29, 0.717) is 29.7 Å². The number of hydrogen-bond donors (Lipinski definition) is 3. The van der Waals surface area contributed by atoms with Crippen LogP contribution in [0.5, 0.6) is 0 Å². The summed E-state index contributed by atoms with van der Waals surface area (Å²) in [7, 11) is -3.30. The molecule has 2 aromatic rings. The van der Waals surface area contributed by atoms with Crippen LogP contribution in [-0.2, 0) is 19.6 Å². The van der Waals surface area contributed by atoms with E-state index >= 15 is 0 Å². The minimum absolute atomic E-state index is 0.117. The number of aromatic nitrogens is 1. The number of piperazine rings is 1. The zero-order chi connectivity index (χ0) is 21.3. The van der Waals surface area contributed by atoms with Gasteiger partial charge in [-0.3, -0.25) is 14.5 Å². The Balaban J connectivity index is 1.90. The SMILES string of the molecule is CC(C)C(=O)Nc1ccc2[nH]cc([C@H](C(=O)O)N3CCN(S(C)(=O)=O)CC3)c2c1. The molecule has 0 spiro atoms. The summed E-state index contributed by atoms with van der Waals surface area (Å²) in [6.07, 6.45) is 2.82. The van der Waals surface area contributed by atoms with Crippen molar-refractivity contribution in [3.05, 3.63) is 30.0 Å². The zero-order valence-electron chi connectivity index (χ0n) is 16.7. The van der Waals surface area contributed by atoms with Gasteiger partial charge in [-0.2, -0.15) is 4.31 Å². The summed E-state index contributed by atoms with van der Waals surface area (Å²) in [6.45, 7) is 4.74. The lowest BCUT2D eigenvalue weighted by Crippen LogP contribution is -2.50. The number of carbonyl (C=O) groups excluding carboxylic acids is 1. The van der Waals surface area contributed by atoms with E-state index in [0.717, 1.165) is 11.8 Å². The minimum Gasteiger partial charge on any atom is -0.480 e. The first-order valence-corrected chi connectivity index (χ1v) is 11.3. The van der Waals surface area contributed by atoms with Crippen molar-refractivity contribution in [2.75, 3.05) is 37.8 Å². The van der Waals surface area contributed by atoms with Crippen LogP contribution in [0.4, 0.5) is 5.69 Å². The zero-order valence-corrected chi connectivity index (χ0v) is 17.5. The first-order chi connectivity index (χ1) is 13.6. The first-order valence-electron chi connectivity index (χ1n) is 9.42. The van der Waals surface area contributed by atoms with Crippen LogP contribution in [0.1, 0.15) is 25.5 Å². The Kier molecular flexibility index (Phi) is 5.97. The molecule has 1 fully saturated rings. The Hall–Kier alpha value is -2.43. The second kappa shape index (κ2) is 8.13. The number of aliphatic carboxylic acids is 1. The molecule has 0 bridgehead atoms. The number of H-pyrrole nitrogens is 1. The van der Waals surface area contributed by atoms with Crippen molar-refractivity contribution in [2.24, 2.45) is 5.92 Å². The third kappa shape index (κ3) is 4.60. The maximum absolute atomic E-state index is 12.1. The van der Waals surface area contributed by atoms with Crippen LogP contribution in [-0.4, -0.2) is 72.0 Å². The summed E-state index contributed by atoms with van der Waals surface area (Å²) in [5, 5.41) is 13.5. The van der Waals surface area contributed by atoms with E-state index in [9.17, 15) is 23.1 Å². The van der Waals surface area contributed by atoms with Gasteiger partial charge in [0.05, 0.1) is 6.26 Å². The summed E-state index contributed by atoms with van der Waals surface area (Å²) in [6, 6.07) is 4.42. The largest absolute Gasteiger partial charge is 0.480 e. The Morgan fingerprint density at radius 2 is 1.83 bits per heavy atom. The molecule has 0 saturated carbocycles. The predicted molar refractivity (Wildman–Crippen MR) is 110 cm³/mol. The molecular weight excluding hydrogens is 396 g/mol. The third-order valence-electron chi connectivity index (χ3n) is 5.14. The van der Waals surface area contributed by atoms with Crippen LogP contribution in [0.25, 0.3) is 10.9 Å². The first kappa shape index (κ1) is 21.3. The van der Waals surface area contributed by atoms with Gasteiger partial charge < -0.3 is 15.4 Å². The minimum atomic E-state index is -3.30. The maximum Gasteiger partial charge on any atom is 0.325 e. The summed E-state index contributed by atoms with van der Waals surface area (Å²) >= 11 is 0. The molecule has 1 aliphatic heterocycles. The number of nitrogens with zero attached hydrogens (tertiary/aromatic N) is 2. The van der Waals surface area contributed by atoms with Gasteiger partial charge in [0.1, 0.15) is 6.04 Å². The number of aromatic amines is 1. The van der Waals surface area contributed by atoms with Crippen molar-refractivity contribution in [3.8, 4) is 0 Å². The molecule has 10 heteroatoms. The van der Waals surface area contributed by atoms with Crippen LogP contribution < -0.4 is 5.32 Å². The van der Waals surface area contributed by atoms with Crippen molar-refractivity contribution in [2.45, 2.75) is 19.9 Å². The van der Waals surface area contributed by atoms with Crippen molar-refractivity contribution < 1.29 is 23.1 Å². The Morgan fingerprint density at radius 1 is 1.17 bits per heavy atom. The van der Waals surface area contributed by atoms with E-state index in [-0.39, 0.29) is 24.9 Å². The molecule has 1 aliphatic rings. The van der Waals surface area contributed by atoms with Gasteiger partial charge in [0.15, 0.2) is 0 Å². The van der Waals surface area contributed by atoms with Crippen LogP contribution in [0.15, 0.2) is 24.4 Å². The molecule has 1 saturated heterocycles. The lowest BCUT2D eigenvalue weighted by atomic mass is 10.0. The van der Waals surface area contributed by atoms with E-state index < -0.39 is 22.0 Å². The topological polar surface area (TPSA) is 123 Å². The standard InChI is InChI=1S/C19H26N4O5S/c1-12(2)18(24)21-13-4-5-16-14(10-13)15(11-20-16)17(19(25)26)22-6-8-23(9-7-22)29(3,27)28/h4-5,10-12,17,20H,6-9H2,1-3H3,(H,21,24)(H,25,26)/t17-/m1/s1. The summed E-state index contributed by atoms with van der Waals surface area (Å²) in [4.78, 5) is 29.0. The summed E-state index contributed by atoms with van der Waals surface area (Å²) in [5.74, 6) is -1.29. The highest BCUT2D eigenvalue weighted by molar-refractivity contribution is 7.88. The van der Waals surface area contributed by atoms with Gasteiger partial charge in [0, 0.05) is 60.4 Å². The van der Waals surface area contributed by atoms with E-state index in [1.807, 2.05) is 0 Å². The van der Waals surface area contributed by atoms with E-state index in [1.165, 1.54) is 4.31 Å². The Bertz CT molecular complexity index is 1020. The molecule has 29 heavy (non-hydrogen) atoms. The fourth-order valence-corrected chi connectivity index (χ4v) is 4.34. The molecule has 2 heterocycles. The van der Waals surface area contributed by atoms with E-state index in [2.05, 4.69) is 10.3 Å². The highest BCUT2D eigenvalue weighted by Crippen LogP contribution is 2.31. The lowest BCUT2D eigenvalue weighted by Gasteiger charge is -2.36. The number of rotatable bonds is 6. The van der Waals surface area contributed by atoms with E-state index in [1.54, 1.807) is 43.1 Å². The van der Waals surface area contributed by atoms with Crippen molar-refractivity contribution in [1.29, 1.82) is 0 Å². The second-order valence-electron chi connectivity index (χ2n) is 7.59. The molecule has 1 amide bonds. The second-order valence-corrected chi connectivity index (χ2v) is 9.57. The normalized spacial score (nSPS) is 17.5. The number of anilines is 1. The molecule has 3 N–H and O–H groups in total. The van der Waals surface area contributed by atoms with Gasteiger partial charge >= 0.3 is 5.97 Å².